The monoisotopic (exact) mass is 264 g/mol. The molecule has 2 nitrogen and oxygen atoms in total. The zero-order valence-electron chi connectivity index (χ0n) is 11.1. The summed E-state index contributed by atoms with van der Waals surface area (Å²) >= 11 is 0. The standard InChI is InChI=1S/C15H20O2S/c1-3-5-6-7-8-14-9-11-15(12-10-14)18(16,17)13-4-2/h9-12H,3-4,7-8,13H2,1-2H3. The summed E-state index contributed by atoms with van der Waals surface area (Å²) in [5.41, 5.74) is 1.14. The van der Waals surface area contributed by atoms with Gasteiger partial charge in [0, 0.05) is 12.8 Å². The molecule has 3 heteroatoms. The van der Waals surface area contributed by atoms with E-state index in [1.54, 1.807) is 12.1 Å². The average molecular weight is 264 g/mol. The maximum atomic E-state index is 11.8. The van der Waals surface area contributed by atoms with Gasteiger partial charge in [-0.15, -0.1) is 11.8 Å². The second kappa shape index (κ2) is 7.23. The van der Waals surface area contributed by atoms with E-state index in [0.717, 1.165) is 24.8 Å². The third kappa shape index (κ3) is 4.54. The Labute approximate surface area is 110 Å². The highest BCUT2D eigenvalue weighted by Crippen LogP contribution is 2.14. The fourth-order valence-corrected chi connectivity index (χ4v) is 2.99. The van der Waals surface area contributed by atoms with Crippen molar-refractivity contribution in [3.8, 4) is 11.8 Å². The molecule has 0 radical (unpaired) electrons. The van der Waals surface area contributed by atoms with E-state index in [2.05, 4.69) is 11.8 Å². The molecule has 1 aromatic carbocycles. The quantitative estimate of drug-likeness (QED) is 0.765. The van der Waals surface area contributed by atoms with Crippen LogP contribution in [0.5, 0.6) is 0 Å². The van der Waals surface area contributed by atoms with Crippen LogP contribution in [0.3, 0.4) is 0 Å². The Morgan fingerprint density at radius 1 is 1.06 bits per heavy atom. The molecule has 1 rings (SSSR count). The van der Waals surface area contributed by atoms with Crippen LogP contribution in [0, 0.1) is 11.8 Å². The van der Waals surface area contributed by atoms with E-state index < -0.39 is 9.84 Å². The van der Waals surface area contributed by atoms with E-state index in [-0.39, 0.29) is 5.75 Å². The molecular formula is C15H20O2S. The van der Waals surface area contributed by atoms with Gasteiger partial charge in [0.05, 0.1) is 10.6 Å². The van der Waals surface area contributed by atoms with Gasteiger partial charge in [-0.05, 0) is 30.5 Å². The van der Waals surface area contributed by atoms with Crippen molar-refractivity contribution >= 4 is 9.84 Å². The van der Waals surface area contributed by atoms with Gasteiger partial charge in [-0.2, -0.15) is 0 Å². The van der Waals surface area contributed by atoms with E-state index >= 15 is 0 Å². The third-order valence-electron chi connectivity index (χ3n) is 2.60. The van der Waals surface area contributed by atoms with Gasteiger partial charge in [-0.3, -0.25) is 0 Å². The van der Waals surface area contributed by atoms with Crippen LogP contribution in [0.25, 0.3) is 0 Å². The molecule has 0 spiro atoms. The molecule has 0 saturated heterocycles. The summed E-state index contributed by atoms with van der Waals surface area (Å²) in [5.74, 6) is 6.32. The minimum absolute atomic E-state index is 0.217. The molecule has 0 N–H and O–H groups in total. The lowest BCUT2D eigenvalue weighted by Crippen LogP contribution is -2.05. The van der Waals surface area contributed by atoms with Crippen LogP contribution in [-0.2, 0) is 16.3 Å². The molecule has 18 heavy (non-hydrogen) atoms. The number of hydrogen-bond acceptors (Lipinski definition) is 2. The normalized spacial score (nSPS) is 10.8. The van der Waals surface area contributed by atoms with E-state index in [9.17, 15) is 8.42 Å². The van der Waals surface area contributed by atoms with Gasteiger partial charge >= 0.3 is 0 Å². The minimum Gasteiger partial charge on any atom is -0.224 e. The molecule has 0 heterocycles. The number of hydrogen-bond donors (Lipinski definition) is 0. The molecule has 0 aliphatic heterocycles. The second-order valence-electron chi connectivity index (χ2n) is 4.17. The first-order valence-corrected chi connectivity index (χ1v) is 8.02. The van der Waals surface area contributed by atoms with Crippen LogP contribution in [0.2, 0.25) is 0 Å². The molecular weight excluding hydrogens is 244 g/mol. The second-order valence-corrected chi connectivity index (χ2v) is 6.28. The van der Waals surface area contributed by atoms with E-state index in [0.29, 0.717) is 11.3 Å². The highest BCUT2D eigenvalue weighted by atomic mass is 32.2. The largest absolute Gasteiger partial charge is 0.224 e. The Hall–Kier alpha value is -1.27. The van der Waals surface area contributed by atoms with Gasteiger partial charge in [0.1, 0.15) is 0 Å². The highest BCUT2D eigenvalue weighted by Gasteiger charge is 2.12. The lowest BCUT2D eigenvalue weighted by Gasteiger charge is -2.04. The fourth-order valence-electron chi connectivity index (χ4n) is 1.67. The SMILES string of the molecule is CCC#CCCc1ccc(S(=O)(=O)CCC)cc1. The molecule has 0 bridgehead atoms. The van der Waals surface area contributed by atoms with Gasteiger partial charge in [-0.1, -0.05) is 26.0 Å². The first-order valence-electron chi connectivity index (χ1n) is 6.37. The zero-order chi connectivity index (χ0) is 13.4. The van der Waals surface area contributed by atoms with Crippen molar-refractivity contribution in [3.05, 3.63) is 29.8 Å². The smallest absolute Gasteiger partial charge is 0.178 e. The molecule has 0 unspecified atom stereocenters. The van der Waals surface area contributed by atoms with Crippen LogP contribution in [0.1, 0.15) is 38.7 Å². The molecule has 98 valence electrons. The van der Waals surface area contributed by atoms with Crippen LogP contribution >= 0.6 is 0 Å². The van der Waals surface area contributed by atoms with Crippen molar-refractivity contribution in [1.82, 2.24) is 0 Å². The first kappa shape index (κ1) is 14.8. The predicted molar refractivity (Wildman–Crippen MR) is 75.2 cm³/mol. The van der Waals surface area contributed by atoms with Crippen LogP contribution in [-0.4, -0.2) is 14.2 Å². The summed E-state index contributed by atoms with van der Waals surface area (Å²) < 4.78 is 23.6. The number of benzene rings is 1. The summed E-state index contributed by atoms with van der Waals surface area (Å²) in [6.45, 7) is 3.90. The predicted octanol–water partition coefficient (Wildman–Crippen LogP) is 3.22. The summed E-state index contributed by atoms with van der Waals surface area (Å²) in [7, 11) is -3.08. The molecule has 1 aromatic rings. The average Bonchev–Trinajstić information content (AvgIpc) is 2.35. The van der Waals surface area contributed by atoms with E-state index in [1.165, 1.54) is 0 Å². The maximum Gasteiger partial charge on any atom is 0.178 e. The minimum atomic E-state index is -3.08. The molecule has 0 aromatic heterocycles. The summed E-state index contributed by atoms with van der Waals surface area (Å²) in [6, 6.07) is 7.17. The van der Waals surface area contributed by atoms with Gasteiger partial charge in [0.2, 0.25) is 0 Å². The topological polar surface area (TPSA) is 34.1 Å². The number of sulfone groups is 1. The number of rotatable bonds is 5. The van der Waals surface area contributed by atoms with Crippen molar-refractivity contribution in [2.24, 2.45) is 0 Å². The number of aryl methyl sites for hydroxylation is 1. The Morgan fingerprint density at radius 3 is 2.28 bits per heavy atom. The maximum absolute atomic E-state index is 11.8. The Balaban J connectivity index is 2.68. The van der Waals surface area contributed by atoms with Gasteiger partial charge in [0.25, 0.3) is 0 Å². The first-order chi connectivity index (χ1) is 8.60. The molecule has 0 saturated carbocycles. The highest BCUT2D eigenvalue weighted by molar-refractivity contribution is 7.91. The van der Waals surface area contributed by atoms with Gasteiger partial charge in [-0.25, -0.2) is 8.42 Å². The van der Waals surface area contributed by atoms with Gasteiger partial charge in [0.15, 0.2) is 9.84 Å². The third-order valence-corrected chi connectivity index (χ3v) is 4.53. The molecule has 0 amide bonds. The van der Waals surface area contributed by atoms with Crippen LogP contribution in [0.15, 0.2) is 29.2 Å². The van der Waals surface area contributed by atoms with Crippen LogP contribution < -0.4 is 0 Å². The van der Waals surface area contributed by atoms with Crippen molar-refractivity contribution < 1.29 is 8.42 Å². The van der Waals surface area contributed by atoms with Crippen molar-refractivity contribution in [2.45, 2.75) is 44.4 Å². The van der Waals surface area contributed by atoms with Crippen molar-refractivity contribution in [2.75, 3.05) is 5.75 Å². The molecule has 0 aliphatic rings. The fraction of sp³-hybridized carbons (Fsp3) is 0.467. The van der Waals surface area contributed by atoms with Crippen molar-refractivity contribution in [1.29, 1.82) is 0 Å². The van der Waals surface area contributed by atoms with E-state index in [1.807, 2.05) is 26.0 Å². The lowest BCUT2D eigenvalue weighted by molar-refractivity contribution is 0.594. The summed E-state index contributed by atoms with van der Waals surface area (Å²) in [4.78, 5) is 0.424. The zero-order valence-corrected chi connectivity index (χ0v) is 11.9. The Kier molecular flexibility index (Phi) is 5.94. The summed E-state index contributed by atoms with van der Waals surface area (Å²) in [5, 5.41) is 0. The molecule has 0 aliphatic carbocycles. The van der Waals surface area contributed by atoms with Gasteiger partial charge < -0.3 is 0 Å². The summed E-state index contributed by atoms with van der Waals surface area (Å²) in [6.07, 6.45) is 3.24. The molecule has 0 atom stereocenters. The van der Waals surface area contributed by atoms with E-state index in [4.69, 9.17) is 0 Å². The van der Waals surface area contributed by atoms with Crippen molar-refractivity contribution in [3.63, 3.8) is 0 Å². The molecule has 0 fully saturated rings. The lowest BCUT2D eigenvalue weighted by atomic mass is 10.1. The van der Waals surface area contributed by atoms with Crippen LogP contribution in [0.4, 0.5) is 0 Å². The Bertz CT molecular complexity index is 516. The Morgan fingerprint density at radius 2 is 1.72 bits per heavy atom.